The van der Waals surface area contributed by atoms with Crippen molar-refractivity contribution in [3.05, 3.63) is 82.3 Å². The summed E-state index contributed by atoms with van der Waals surface area (Å²) in [6, 6.07) is 19.4. The molecule has 3 aromatic carbocycles. The summed E-state index contributed by atoms with van der Waals surface area (Å²) in [6.07, 6.45) is 0.224. The molecular formula is C20H16BrNO3. The number of halogens is 1. The van der Waals surface area contributed by atoms with E-state index in [-0.39, 0.29) is 6.42 Å². The van der Waals surface area contributed by atoms with Crippen molar-refractivity contribution in [3.63, 3.8) is 0 Å². The van der Waals surface area contributed by atoms with E-state index >= 15 is 0 Å². The molecule has 2 N–H and O–H groups in total. The molecule has 5 heteroatoms. The van der Waals surface area contributed by atoms with Gasteiger partial charge in [-0.25, -0.2) is 4.79 Å². The first-order chi connectivity index (χ1) is 12.0. The van der Waals surface area contributed by atoms with Crippen LogP contribution in [0.5, 0.6) is 0 Å². The fourth-order valence-electron chi connectivity index (χ4n) is 2.63. The maximum Gasteiger partial charge on any atom is 0.326 e. The topological polar surface area (TPSA) is 66.4 Å². The maximum absolute atomic E-state index is 12.5. The van der Waals surface area contributed by atoms with Gasteiger partial charge in [0.2, 0.25) is 0 Å². The van der Waals surface area contributed by atoms with E-state index in [2.05, 4.69) is 21.2 Å². The summed E-state index contributed by atoms with van der Waals surface area (Å²) < 4.78 is 0.920. The van der Waals surface area contributed by atoms with Crippen LogP contribution in [0.4, 0.5) is 0 Å². The first-order valence-corrected chi connectivity index (χ1v) is 8.59. The lowest BCUT2D eigenvalue weighted by atomic mass is 10.0. The van der Waals surface area contributed by atoms with Gasteiger partial charge in [0.15, 0.2) is 0 Å². The fraction of sp³-hybridized carbons (Fsp3) is 0.100. The third kappa shape index (κ3) is 4.25. The SMILES string of the molecule is O=C(N[C@H](Cc1ccc(Br)cc1)C(=O)O)c1ccc2ccccc2c1. The van der Waals surface area contributed by atoms with Crippen molar-refractivity contribution < 1.29 is 14.7 Å². The molecule has 0 aliphatic carbocycles. The second kappa shape index (κ2) is 7.49. The lowest BCUT2D eigenvalue weighted by molar-refractivity contribution is -0.139. The summed E-state index contributed by atoms with van der Waals surface area (Å²) in [5, 5.41) is 14.0. The second-order valence-electron chi connectivity index (χ2n) is 5.76. The minimum Gasteiger partial charge on any atom is -0.480 e. The molecule has 0 aromatic heterocycles. The van der Waals surface area contributed by atoms with E-state index in [0.717, 1.165) is 20.8 Å². The molecule has 0 fully saturated rings. The molecule has 0 aliphatic heterocycles. The third-order valence-corrected chi connectivity index (χ3v) is 4.50. The van der Waals surface area contributed by atoms with Gasteiger partial charge >= 0.3 is 5.97 Å². The van der Waals surface area contributed by atoms with Crippen molar-refractivity contribution in [1.29, 1.82) is 0 Å². The monoisotopic (exact) mass is 397 g/mol. The van der Waals surface area contributed by atoms with Gasteiger partial charge in [0.1, 0.15) is 6.04 Å². The lowest BCUT2D eigenvalue weighted by Gasteiger charge is -2.15. The van der Waals surface area contributed by atoms with Crippen molar-refractivity contribution in [3.8, 4) is 0 Å². The van der Waals surface area contributed by atoms with Crippen LogP contribution in [0.3, 0.4) is 0 Å². The second-order valence-corrected chi connectivity index (χ2v) is 6.67. The Morgan fingerprint density at radius 3 is 2.32 bits per heavy atom. The first-order valence-electron chi connectivity index (χ1n) is 7.80. The molecule has 0 bridgehead atoms. The van der Waals surface area contributed by atoms with E-state index < -0.39 is 17.9 Å². The standard InChI is InChI=1S/C20H16BrNO3/c21-17-9-5-13(6-10-17)11-18(20(24)25)22-19(23)16-8-7-14-3-1-2-4-15(14)12-16/h1-10,12,18H,11H2,(H,22,23)(H,24,25)/t18-/m1/s1. The normalized spacial score (nSPS) is 11.9. The summed E-state index contributed by atoms with van der Waals surface area (Å²) in [5.41, 5.74) is 1.29. The van der Waals surface area contributed by atoms with Crippen molar-refractivity contribution in [1.82, 2.24) is 5.32 Å². The summed E-state index contributed by atoms with van der Waals surface area (Å²) in [6.45, 7) is 0. The van der Waals surface area contributed by atoms with Crippen molar-refractivity contribution in [2.75, 3.05) is 0 Å². The van der Waals surface area contributed by atoms with E-state index in [1.807, 2.05) is 54.6 Å². The predicted molar refractivity (Wildman–Crippen MR) is 101 cm³/mol. The number of rotatable bonds is 5. The van der Waals surface area contributed by atoms with E-state index in [9.17, 15) is 14.7 Å². The average molecular weight is 398 g/mol. The highest BCUT2D eigenvalue weighted by molar-refractivity contribution is 9.10. The largest absolute Gasteiger partial charge is 0.480 e. The number of fused-ring (bicyclic) bond motifs is 1. The van der Waals surface area contributed by atoms with E-state index in [1.54, 1.807) is 12.1 Å². The van der Waals surface area contributed by atoms with Gasteiger partial charge in [-0.3, -0.25) is 4.79 Å². The molecule has 1 amide bonds. The number of hydrogen-bond donors (Lipinski definition) is 2. The molecule has 126 valence electrons. The zero-order valence-corrected chi connectivity index (χ0v) is 14.9. The van der Waals surface area contributed by atoms with Crippen LogP contribution in [-0.2, 0) is 11.2 Å². The molecule has 4 nitrogen and oxygen atoms in total. The fourth-order valence-corrected chi connectivity index (χ4v) is 2.89. The van der Waals surface area contributed by atoms with Crippen LogP contribution in [0.2, 0.25) is 0 Å². The Hall–Kier alpha value is -2.66. The number of nitrogens with one attached hydrogen (secondary N) is 1. The molecule has 0 saturated heterocycles. The van der Waals surface area contributed by atoms with Gasteiger partial charge < -0.3 is 10.4 Å². The lowest BCUT2D eigenvalue weighted by Crippen LogP contribution is -2.42. The van der Waals surface area contributed by atoms with E-state index in [4.69, 9.17) is 0 Å². The van der Waals surface area contributed by atoms with Gasteiger partial charge in [0.05, 0.1) is 0 Å². The maximum atomic E-state index is 12.5. The number of carboxylic acid groups (broad SMARTS) is 1. The Bertz CT molecular complexity index is 922. The molecule has 0 heterocycles. The first kappa shape index (κ1) is 17.2. The van der Waals surface area contributed by atoms with Crippen LogP contribution in [0.1, 0.15) is 15.9 Å². The number of carbonyl (C=O) groups excluding carboxylic acids is 1. The molecule has 3 aromatic rings. The van der Waals surface area contributed by atoms with E-state index in [0.29, 0.717) is 5.56 Å². The molecule has 25 heavy (non-hydrogen) atoms. The molecule has 1 atom stereocenters. The number of carbonyl (C=O) groups is 2. The summed E-state index contributed by atoms with van der Waals surface area (Å²) in [4.78, 5) is 24.0. The van der Waals surface area contributed by atoms with Crippen LogP contribution in [0, 0.1) is 0 Å². The van der Waals surface area contributed by atoms with Crippen molar-refractivity contribution in [2.24, 2.45) is 0 Å². The minimum absolute atomic E-state index is 0.224. The highest BCUT2D eigenvalue weighted by Crippen LogP contribution is 2.16. The van der Waals surface area contributed by atoms with Crippen LogP contribution in [-0.4, -0.2) is 23.0 Å². The Morgan fingerprint density at radius 1 is 0.960 bits per heavy atom. The number of benzene rings is 3. The quantitative estimate of drug-likeness (QED) is 0.682. The molecule has 0 saturated carbocycles. The molecule has 0 aliphatic rings. The minimum atomic E-state index is -1.06. The van der Waals surface area contributed by atoms with Crippen LogP contribution in [0.25, 0.3) is 10.8 Å². The molecule has 3 rings (SSSR count). The Balaban J connectivity index is 1.77. The Kier molecular flexibility index (Phi) is 5.14. The highest BCUT2D eigenvalue weighted by Gasteiger charge is 2.21. The summed E-state index contributed by atoms with van der Waals surface area (Å²) in [7, 11) is 0. The van der Waals surface area contributed by atoms with Crippen molar-refractivity contribution >= 4 is 38.6 Å². The molecular weight excluding hydrogens is 382 g/mol. The summed E-state index contributed by atoms with van der Waals surface area (Å²) in [5.74, 6) is -1.45. The van der Waals surface area contributed by atoms with Gasteiger partial charge in [-0.1, -0.05) is 58.4 Å². The van der Waals surface area contributed by atoms with Crippen molar-refractivity contribution in [2.45, 2.75) is 12.5 Å². The zero-order chi connectivity index (χ0) is 17.8. The zero-order valence-electron chi connectivity index (χ0n) is 13.3. The van der Waals surface area contributed by atoms with E-state index in [1.165, 1.54) is 0 Å². The Labute approximate surface area is 153 Å². The highest BCUT2D eigenvalue weighted by atomic mass is 79.9. The van der Waals surface area contributed by atoms with Gasteiger partial charge in [0.25, 0.3) is 5.91 Å². The van der Waals surface area contributed by atoms with Gasteiger partial charge in [-0.2, -0.15) is 0 Å². The van der Waals surface area contributed by atoms with Gasteiger partial charge in [-0.05, 0) is 40.6 Å². The van der Waals surface area contributed by atoms with Crippen LogP contribution < -0.4 is 5.32 Å². The number of hydrogen-bond acceptors (Lipinski definition) is 2. The van der Waals surface area contributed by atoms with Crippen LogP contribution in [0.15, 0.2) is 71.2 Å². The average Bonchev–Trinajstić information content (AvgIpc) is 2.62. The predicted octanol–water partition coefficient (Wildman–Crippen LogP) is 4.03. The number of carboxylic acids is 1. The molecule has 0 unspecified atom stereocenters. The van der Waals surface area contributed by atoms with Crippen LogP contribution >= 0.6 is 15.9 Å². The molecule has 0 radical (unpaired) electrons. The van der Waals surface area contributed by atoms with Gasteiger partial charge in [-0.15, -0.1) is 0 Å². The van der Waals surface area contributed by atoms with Gasteiger partial charge in [0, 0.05) is 16.5 Å². The Morgan fingerprint density at radius 2 is 1.64 bits per heavy atom. The number of amides is 1. The third-order valence-electron chi connectivity index (χ3n) is 3.97. The smallest absolute Gasteiger partial charge is 0.326 e. The summed E-state index contributed by atoms with van der Waals surface area (Å²) >= 11 is 3.35. The molecule has 0 spiro atoms. The number of aliphatic carboxylic acids is 1.